The fourth-order valence-electron chi connectivity index (χ4n) is 2.43. The first-order valence-corrected chi connectivity index (χ1v) is 11.0. The molecule has 0 saturated heterocycles. The molecule has 1 atom stereocenters. The van der Waals surface area contributed by atoms with Crippen LogP contribution in [0.4, 0.5) is 0 Å². The van der Waals surface area contributed by atoms with Crippen molar-refractivity contribution in [2.24, 2.45) is 5.92 Å². The van der Waals surface area contributed by atoms with E-state index in [1.54, 1.807) is 0 Å². The number of hydrogen-bond donors (Lipinski definition) is 0. The topological polar surface area (TPSA) is 9.23 Å². The molecule has 115 valence electrons. The number of unbranched alkanes of at least 4 members (excludes halogenated alkanes) is 8. The maximum atomic E-state index is 5.83. The lowest BCUT2D eigenvalue weighted by Gasteiger charge is -2.16. The highest BCUT2D eigenvalue weighted by Gasteiger charge is 2.07. The van der Waals surface area contributed by atoms with Gasteiger partial charge in [-0.05, 0) is 25.4 Å². The molecule has 1 unspecified atom stereocenters. The van der Waals surface area contributed by atoms with Gasteiger partial charge in [0, 0.05) is 6.61 Å². The van der Waals surface area contributed by atoms with Gasteiger partial charge in [0.25, 0.3) is 0 Å². The molecular weight excluding hydrogens is 248 g/mol. The van der Waals surface area contributed by atoms with Crippen LogP contribution in [-0.2, 0) is 4.43 Å². The molecule has 0 bridgehead atoms. The molecule has 1 radical (unpaired) electrons. The van der Waals surface area contributed by atoms with Crippen LogP contribution in [0.1, 0.15) is 84.5 Å². The quantitative estimate of drug-likeness (QED) is 0.273. The van der Waals surface area contributed by atoms with Gasteiger partial charge in [-0.1, -0.05) is 78.1 Å². The maximum Gasteiger partial charge on any atom is 0.204 e. The Bertz CT molecular complexity index is 171. The van der Waals surface area contributed by atoms with Gasteiger partial charge >= 0.3 is 0 Å². The minimum Gasteiger partial charge on any atom is -0.417 e. The van der Waals surface area contributed by atoms with E-state index >= 15 is 0 Å². The monoisotopic (exact) mass is 285 g/mol. The molecule has 0 N–H and O–H groups in total. The summed E-state index contributed by atoms with van der Waals surface area (Å²) in [5, 5.41) is 0. The van der Waals surface area contributed by atoms with Crippen molar-refractivity contribution in [3.8, 4) is 0 Å². The van der Waals surface area contributed by atoms with Gasteiger partial charge < -0.3 is 4.43 Å². The zero-order chi connectivity index (χ0) is 14.3. The van der Waals surface area contributed by atoms with Gasteiger partial charge in [-0.2, -0.15) is 0 Å². The Morgan fingerprint density at radius 2 is 1.32 bits per heavy atom. The maximum absolute atomic E-state index is 5.83. The summed E-state index contributed by atoms with van der Waals surface area (Å²) in [7, 11) is -0.489. The van der Waals surface area contributed by atoms with E-state index in [2.05, 4.69) is 26.9 Å². The molecule has 0 spiro atoms. The average Bonchev–Trinajstić information content (AvgIpc) is 2.40. The minimum absolute atomic E-state index is 0.489. The second-order valence-corrected chi connectivity index (χ2v) is 8.22. The molecule has 19 heavy (non-hydrogen) atoms. The highest BCUT2D eigenvalue weighted by atomic mass is 28.3. The van der Waals surface area contributed by atoms with Crippen molar-refractivity contribution in [3.63, 3.8) is 0 Å². The Morgan fingerprint density at radius 3 is 1.79 bits per heavy atom. The highest BCUT2D eigenvalue weighted by Crippen LogP contribution is 2.16. The van der Waals surface area contributed by atoms with Crippen molar-refractivity contribution in [1.82, 2.24) is 0 Å². The molecule has 2 heteroatoms. The van der Waals surface area contributed by atoms with E-state index < -0.39 is 9.04 Å². The van der Waals surface area contributed by atoms with Gasteiger partial charge in [0.1, 0.15) is 0 Å². The summed E-state index contributed by atoms with van der Waals surface area (Å²) in [5.41, 5.74) is 0. The van der Waals surface area contributed by atoms with Crippen LogP contribution in [-0.4, -0.2) is 15.6 Å². The van der Waals surface area contributed by atoms with Crippen LogP contribution in [0.15, 0.2) is 0 Å². The molecule has 0 heterocycles. The van der Waals surface area contributed by atoms with Gasteiger partial charge in [-0.3, -0.25) is 0 Å². The fourth-order valence-corrected chi connectivity index (χ4v) is 3.00. The Balaban J connectivity index is 3.26. The molecule has 0 fully saturated rings. The first kappa shape index (κ1) is 19.2. The van der Waals surface area contributed by atoms with Crippen molar-refractivity contribution in [2.45, 2.75) is 97.6 Å². The largest absolute Gasteiger partial charge is 0.417 e. The van der Waals surface area contributed by atoms with Crippen LogP contribution in [0, 0.1) is 5.92 Å². The molecule has 0 aromatic heterocycles. The minimum atomic E-state index is -0.489. The van der Waals surface area contributed by atoms with Gasteiger partial charge in [0.15, 0.2) is 0 Å². The summed E-state index contributed by atoms with van der Waals surface area (Å²) in [4.78, 5) is 0. The van der Waals surface area contributed by atoms with Crippen LogP contribution < -0.4 is 0 Å². The summed E-state index contributed by atoms with van der Waals surface area (Å²) < 4.78 is 5.83. The highest BCUT2D eigenvalue weighted by molar-refractivity contribution is 6.48. The second-order valence-electron chi connectivity index (χ2n) is 6.11. The molecular formula is C17H37OSi. The summed E-state index contributed by atoms with van der Waals surface area (Å²) in [6, 6.07) is 0. The summed E-state index contributed by atoms with van der Waals surface area (Å²) in [5.74, 6) is 0.810. The first-order chi connectivity index (χ1) is 9.20. The first-order valence-electron chi connectivity index (χ1n) is 8.63. The predicted molar refractivity (Wildman–Crippen MR) is 89.1 cm³/mol. The standard InChI is InChI=1S/C17H37OSi/c1-5-7-8-9-10-11-12-13-14-15-17(6-2)16-18-19(3)4/h17H,5-16H2,1-4H3. The lowest BCUT2D eigenvalue weighted by molar-refractivity contribution is 0.236. The normalized spacial score (nSPS) is 13.1. The van der Waals surface area contributed by atoms with Gasteiger partial charge in [-0.25, -0.2) is 0 Å². The van der Waals surface area contributed by atoms with Gasteiger partial charge in [0.2, 0.25) is 9.04 Å². The molecule has 0 aliphatic carbocycles. The third kappa shape index (κ3) is 14.4. The van der Waals surface area contributed by atoms with Crippen LogP contribution >= 0.6 is 0 Å². The van der Waals surface area contributed by atoms with Gasteiger partial charge in [0.05, 0.1) is 0 Å². The predicted octanol–water partition coefficient (Wildman–Crippen LogP) is 6.20. The summed E-state index contributed by atoms with van der Waals surface area (Å²) >= 11 is 0. The van der Waals surface area contributed by atoms with Crippen LogP contribution in [0.2, 0.25) is 13.1 Å². The molecule has 0 amide bonds. The SMILES string of the molecule is CCCCCCCCCCCC(CC)CO[Si](C)C. The second kappa shape index (κ2) is 14.6. The van der Waals surface area contributed by atoms with Crippen molar-refractivity contribution in [2.75, 3.05) is 6.61 Å². The summed E-state index contributed by atoms with van der Waals surface area (Å²) in [6.45, 7) is 10.1. The number of rotatable bonds is 14. The zero-order valence-corrected chi connectivity index (χ0v) is 15.0. The lowest BCUT2D eigenvalue weighted by atomic mass is 9.98. The van der Waals surface area contributed by atoms with E-state index in [0.717, 1.165) is 12.5 Å². The lowest BCUT2D eigenvalue weighted by Crippen LogP contribution is -2.15. The smallest absolute Gasteiger partial charge is 0.204 e. The Morgan fingerprint density at radius 1 is 0.789 bits per heavy atom. The molecule has 0 saturated carbocycles. The van der Waals surface area contributed by atoms with E-state index in [0.29, 0.717) is 0 Å². The molecule has 0 aliphatic rings. The Hall–Kier alpha value is 0.177. The molecule has 1 nitrogen and oxygen atoms in total. The Labute approximate surface area is 124 Å². The van der Waals surface area contributed by atoms with Crippen molar-refractivity contribution >= 4 is 9.04 Å². The molecule has 0 aromatic carbocycles. The van der Waals surface area contributed by atoms with Gasteiger partial charge in [-0.15, -0.1) is 0 Å². The molecule has 0 rings (SSSR count). The zero-order valence-electron chi connectivity index (χ0n) is 14.0. The van der Waals surface area contributed by atoms with E-state index in [-0.39, 0.29) is 0 Å². The third-order valence-electron chi connectivity index (χ3n) is 3.90. The molecule has 0 aromatic rings. The van der Waals surface area contributed by atoms with Crippen molar-refractivity contribution in [3.05, 3.63) is 0 Å². The molecule has 0 aliphatic heterocycles. The average molecular weight is 286 g/mol. The van der Waals surface area contributed by atoms with E-state index in [9.17, 15) is 0 Å². The number of hydrogen-bond acceptors (Lipinski definition) is 1. The Kier molecular flexibility index (Phi) is 14.7. The van der Waals surface area contributed by atoms with E-state index in [1.165, 1.54) is 70.6 Å². The van der Waals surface area contributed by atoms with E-state index in [4.69, 9.17) is 4.43 Å². The summed E-state index contributed by atoms with van der Waals surface area (Å²) in [6.07, 6.45) is 15.5. The van der Waals surface area contributed by atoms with Crippen LogP contribution in [0.5, 0.6) is 0 Å². The fraction of sp³-hybridized carbons (Fsp3) is 1.00. The third-order valence-corrected chi connectivity index (χ3v) is 4.65. The van der Waals surface area contributed by atoms with Crippen molar-refractivity contribution < 1.29 is 4.43 Å². The van der Waals surface area contributed by atoms with Crippen LogP contribution in [0.25, 0.3) is 0 Å². The van der Waals surface area contributed by atoms with Crippen molar-refractivity contribution in [1.29, 1.82) is 0 Å². The van der Waals surface area contributed by atoms with Crippen LogP contribution in [0.3, 0.4) is 0 Å². The van der Waals surface area contributed by atoms with E-state index in [1.807, 2.05) is 0 Å².